The molecule has 2 fully saturated rings. The van der Waals surface area contributed by atoms with Crippen LogP contribution in [0.25, 0.3) is 0 Å². The predicted octanol–water partition coefficient (Wildman–Crippen LogP) is 2.92. The van der Waals surface area contributed by atoms with Crippen LogP contribution >= 0.6 is 11.6 Å². The smallest absolute Gasteiger partial charge is 0.0409 e. The van der Waals surface area contributed by atoms with Crippen molar-refractivity contribution in [2.45, 2.75) is 25.8 Å². The second-order valence-corrected chi connectivity index (χ2v) is 6.28. The third kappa shape index (κ3) is 2.71. The van der Waals surface area contributed by atoms with E-state index in [0.29, 0.717) is 5.41 Å². The third-order valence-corrected chi connectivity index (χ3v) is 4.71. The second kappa shape index (κ2) is 5.20. The average molecular weight is 265 g/mol. The van der Waals surface area contributed by atoms with E-state index in [1.807, 2.05) is 12.1 Å². The molecule has 0 radical (unpaired) electrons. The maximum atomic E-state index is 6.05. The number of nitrogens with zero attached hydrogens (tertiary/aromatic N) is 1. The van der Waals surface area contributed by atoms with E-state index >= 15 is 0 Å². The van der Waals surface area contributed by atoms with Crippen molar-refractivity contribution in [2.75, 3.05) is 26.2 Å². The van der Waals surface area contributed by atoms with E-state index in [2.05, 4.69) is 22.3 Å². The van der Waals surface area contributed by atoms with Crippen LogP contribution in [0.1, 0.15) is 24.8 Å². The van der Waals surface area contributed by atoms with Gasteiger partial charge < -0.3 is 5.32 Å². The highest BCUT2D eigenvalue weighted by Gasteiger charge is 2.38. The van der Waals surface area contributed by atoms with E-state index in [9.17, 15) is 0 Å². The molecule has 0 unspecified atom stereocenters. The van der Waals surface area contributed by atoms with E-state index in [4.69, 9.17) is 11.6 Å². The molecule has 2 nitrogen and oxygen atoms in total. The SMILES string of the molecule is Clc1cccc(CN2CCC3(CCNCC3)C2)c1. The number of rotatable bonds is 2. The molecule has 2 aliphatic rings. The summed E-state index contributed by atoms with van der Waals surface area (Å²) in [5, 5.41) is 4.32. The van der Waals surface area contributed by atoms with Gasteiger partial charge in [-0.1, -0.05) is 23.7 Å². The molecule has 18 heavy (non-hydrogen) atoms. The van der Waals surface area contributed by atoms with Crippen molar-refractivity contribution in [3.05, 3.63) is 34.9 Å². The molecule has 0 atom stereocenters. The number of piperidine rings is 1. The average Bonchev–Trinajstić information content (AvgIpc) is 2.73. The summed E-state index contributed by atoms with van der Waals surface area (Å²) in [5.41, 5.74) is 1.94. The molecule has 1 N–H and O–H groups in total. The van der Waals surface area contributed by atoms with Crippen LogP contribution in [0.2, 0.25) is 5.02 Å². The number of likely N-dealkylation sites (tertiary alicyclic amines) is 1. The first kappa shape index (κ1) is 12.5. The number of halogens is 1. The molecule has 0 aromatic heterocycles. The number of benzene rings is 1. The topological polar surface area (TPSA) is 15.3 Å². The molecule has 0 saturated carbocycles. The summed E-state index contributed by atoms with van der Waals surface area (Å²) >= 11 is 6.05. The van der Waals surface area contributed by atoms with Gasteiger partial charge in [0.25, 0.3) is 0 Å². The van der Waals surface area contributed by atoms with Crippen molar-refractivity contribution in [2.24, 2.45) is 5.41 Å². The van der Waals surface area contributed by atoms with E-state index in [1.165, 1.54) is 51.0 Å². The fourth-order valence-electron chi connectivity index (χ4n) is 3.42. The van der Waals surface area contributed by atoms with Crippen LogP contribution in [-0.2, 0) is 6.54 Å². The fourth-order valence-corrected chi connectivity index (χ4v) is 3.63. The first-order chi connectivity index (χ1) is 8.76. The largest absolute Gasteiger partial charge is 0.317 e. The van der Waals surface area contributed by atoms with Crippen molar-refractivity contribution >= 4 is 11.6 Å². The lowest BCUT2D eigenvalue weighted by Crippen LogP contribution is -2.38. The Labute approximate surface area is 114 Å². The minimum atomic E-state index is 0.601. The van der Waals surface area contributed by atoms with Crippen LogP contribution in [0.3, 0.4) is 0 Å². The highest BCUT2D eigenvalue weighted by atomic mass is 35.5. The highest BCUT2D eigenvalue weighted by Crippen LogP contribution is 2.39. The Bertz CT molecular complexity index is 413. The van der Waals surface area contributed by atoms with Crippen LogP contribution in [0, 0.1) is 5.41 Å². The third-order valence-electron chi connectivity index (χ3n) is 4.48. The molecule has 98 valence electrons. The molecule has 2 heterocycles. The summed E-state index contributed by atoms with van der Waals surface area (Å²) in [7, 11) is 0. The molecule has 1 spiro atoms. The molecular formula is C15H21ClN2. The van der Waals surface area contributed by atoms with Crippen molar-refractivity contribution in [1.29, 1.82) is 0 Å². The van der Waals surface area contributed by atoms with Crippen molar-refractivity contribution in [3.63, 3.8) is 0 Å². The van der Waals surface area contributed by atoms with E-state index < -0.39 is 0 Å². The summed E-state index contributed by atoms with van der Waals surface area (Å²) in [4.78, 5) is 2.59. The number of nitrogens with one attached hydrogen (secondary N) is 1. The summed E-state index contributed by atoms with van der Waals surface area (Å²) in [6, 6.07) is 8.27. The number of hydrogen-bond donors (Lipinski definition) is 1. The van der Waals surface area contributed by atoms with Gasteiger partial charge in [0.2, 0.25) is 0 Å². The van der Waals surface area contributed by atoms with Gasteiger partial charge in [-0.15, -0.1) is 0 Å². The van der Waals surface area contributed by atoms with Gasteiger partial charge in [0.15, 0.2) is 0 Å². The molecule has 3 heteroatoms. The van der Waals surface area contributed by atoms with E-state index in [-0.39, 0.29) is 0 Å². The van der Waals surface area contributed by atoms with Gasteiger partial charge in [-0.2, -0.15) is 0 Å². The predicted molar refractivity (Wildman–Crippen MR) is 75.9 cm³/mol. The van der Waals surface area contributed by atoms with Gasteiger partial charge in [-0.05, 0) is 62.0 Å². The lowest BCUT2D eigenvalue weighted by Gasteiger charge is -2.33. The summed E-state index contributed by atoms with van der Waals surface area (Å²) in [6.07, 6.45) is 4.06. The van der Waals surface area contributed by atoms with Gasteiger partial charge in [-0.3, -0.25) is 4.90 Å². The summed E-state index contributed by atoms with van der Waals surface area (Å²) in [6.45, 7) is 5.96. The standard InChI is InChI=1S/C15H21ClN2/c16-14-3-1-2-13(10-14)11-18-9-6-15(12-18)4-7-17-8-5-15/h1-3,10,17H,4-9,11-12H2. The monoisotopic (exact) mass is 264 g/mol. The molecule has 0 bridgehead atoms. The summed E-state index contributed by atoms with van der Waals surface area (Å²) in [5.74, 6) is 0. The zero-order valence-corrected chi connectivity index (χ0v) is 11.5. The molecule has 0 aliphatic carbocycles. The Morgan fingerprint density at radius 2 is 2.06 bits per heavy atom. The van der Waals surface area contributed by atoms with Crippen LogP contribution in [-0.4, -0.2) is 31.1 Å². The Morgan fingerprint density at radius 1 is 1.22 bits per heavy atom. The van der Waals surface area contributed by atoms with Crippen LogP contribution in [0.5, 0.6) is 0 Å². The second-order valence-electron chi connectivity index (χ2n) is 5.84. The highest BCUT2D eigenvalue weighted by molar-refractivity contribution is 6.30. The zero-order valence-electron chi connectivity index (χ0n) is 10.8. The van der Waals surface area contributed by atoms with Crippen LogP contribution < -0.4 is 5.32 Å². The van der Waals surface area contributed by atoms with Gasteiger partial charge >= 0.3 is 0 Å². The normalized spacial score (nSPS) is 23.6. The Kier molecular flexibility index (Phi) is 3.60. The maximum Gasteiger partial charge on any atom is 0.0409 e. The lowest BCUT2D eigenvalue weighted by molar-refractivity contribution is 0.194. The molecule has 3 rings (SSSR count). The maximum absolute atomic E-state index is 6.05. The van der Waals surface area contributed by atoms with Crippen molar-refractivity contribution < 1.29 is 0 Å². The minimum Gasteiger partial charge on any atom is -0.317 e. The molecular weight excluding hydrogens is 244 g/mol. The zero-order chi connectivity index (χ0) is 12.4. The van der Waals surface area contributed by atoms with Gasteiger partial charge in [0.1, 0.15) is 0 Å². The Balaban J connectivity index is 1.62. The number of hydrogen-bond acceptors (Lipinski definition) is 2. The van der Waals surface area contributed by atoms with Gasteiger partial charge in [0.05, 0.1) is 0 Å². The molecule has 2 aliphatic heterocycles. The van der Waals surface area contributed by atoms with Gasteiger partial charge in [-0.25, -0.2) is 0 Å². The summed E-state index contributed by atoms with van der Waals surface area (Å²) < 4.78 is 0. The first-order valence-corrected chi connectivity index (χ1v) is 7.31. The van der Waals surface area contributed by atoms with Crippen molar-refractivity contribution in [1.82, 2.24) is 10.2 Å². The minimum absolute atomic E-state index is 0.601. The van der Waals surface area contributed by atoms with Crippen molar-refractivity contribution in [3.8, 4) is 0 Å². The Morgan fingerprint density at radius 3 is 2.83 bits per heavy atom. The molecule has 1 aromatic rings. The van der Waals surface area contributed by atoms with Gasteiger partial charge in [0, 0.05) is 18.1 Å². The lowest BCUT2D eigenvalue weighted by atomic mass is 9.78. The quantitative estimate of drug-likeness (QED) is 0.884. The van der Waals surface area contributed by atoms with Crippen LogP contribution in [0.15, 0.2) is 24.3 Å². The molecule has 1 aromatic carbocycles. The Hall–Kier alpha value is -0.570. The van der Waals surface area contributed by atoms with E-state index in [0.717, 1.165) is 11.6 Å². The molecule has 0 amide bonds. The van der Waals surface area contributed by atoms with Crippen LogP contribution in [0.4, 0.5) is 0 Å². The first-order valence-electron chi connectivity index (χ1n) is 6.93. The van der Waals surface area contributed by atoms with E-state index in [1.54, 1.807) is 0 Å². The molecule has 2 saturated heterocycles. The fraction of sp³-hybridized carbons (Fsp3) is 0.600.